The second kappa shape index (κ2) is 10.8. The quantitative estimate of drug-likeness (QED) is 0.237. The predicted octanol–water partition coefficient (Wildman–Crippen LogP) is 2.75. The number of ether oxygens (including phenoxy) is 3. The molecule has 0 spiro atoms. The molecular formula is C22H24N2O7. The molecule has 1 atom stereocenters. The van der Waals surface area contributed by atoms with Crippen molar-refractivity contribution in [3.63, 3.8) is 0 Å². The molecule has 9 heteroatoms. The molecule has 1 N–H and O–H groups in total. The third-order valence-electron chi connectivity index (χ3n) is 4.45. The molecule has 2 rings (SSSR count). The first-order valence-corrected chi connectivity index (χ1v) is 9.44. The summed E-state index contributed by atoms with van der Waals surface area (Å²) in [6, 6.07) is 16.5. The highest BCUT2D eigenvalue weighted by molar-refractivity contribution is 6.18. The maximum absolute atomic E-state index is 13.8. The number of carbonyl (C=O) groups excluding carboxylic acids is 4. The summed E-state index contributed by atoms with van der Waals surface area (Å²) in [7, 11) is 2.13. The van der Waals surface area contributed by atoms with E-state index in [4.69, 9.17) is 9.47 Å². The summed E-state index contributed by atoms with van der Waals surface area (Å²) < 4.78 is 14.6. The molecule has 2 amide bonds. The molecule has 2 aromatic carbocycles. The molecule has 0 aliphatic heterocycles. The number of carbonyl (C=O) groups is 4. The van der Waals surface area contributed by atoms with Gasteiger partial charge in [-0.25, -0.2) is 19.8 Å². The zero-order valence-electron chi connectivity index (χ0n) is 17.5. The lowest BCUT2D eigenvalue weighted by atomic mass is 9.82. The Balaban J connectivity index is 2.78. The smallest absolute Gasteiger partial charge is 0.430 e. The summed E-state index contributed by atoms with van der Waals surface area (Å²) in [5.74, 6) is -1.80. The van der Waals surface area contributed by atoms with Gasteiger partial charge in [-0.1, -0.05) is 60.7 Å². The van der Waals surface area contributed by atoms with Crippen molar-refractivity contribution in [2.24, 2.45) is 0 Å². The molecule has 0 aromatic heterocycles. The molecule has 0 saturated heterocycles. The second-order valence-corrected chi connectivity index (χ2v) is 6.35. The number of benzene rings is 2. The number of Topliss-reactive ketones (excluding diaryl/α,β-unsaturated/α-hetero) is 1. The summed E-state index contributed by atoms with van der Waals surface area (Å²) in [6.45, 7) is 1.50. The number of amides is 2. The van der Waals surface area contributed by atoms with E-state index in [1.807, 2.05) is 0 Å². The zero-order chi connectivity index (χ0) is 22.9. The highest BCUT2D eigenvalue weighted by atomic mass is 16.6. The number of esters is 1. The number of nitrogens with one attached hydrogen (secondary N) is 1. The van der Waals surface area contributed by atoms with Crippen LogP contribution in [0.4, 0.5) is 9.59 Å². The Labute approximate surface area is 179 Å². The van der Waals surface area contributed by atoms with Crippen LogP contribution in [0.3, 0.4) is 0 Å². The number of nitrogens with zero attached hydrogens (tertiary/aromatic N) is 1. The van der Waals surface area contributed by atoms with E-state index in [9.17, 15) is 19.2 Å². The van der Waals surface area contributed by atoms with Crippen LogP contribution in [0.1, 0.15) is 22.8 Å². The molecule has 0 aliphatic rings. The van der Waals surface area contributed by atoms with Gasteiger partial charge in [0, 0.05) is 12.0 Å². The minimum Gasteiger partial charge on any atom is -0.464 e. The van der Waals surface area contributed by atoms with Crippen molar-refractivity contribution in [1.29, 1.82) is 0 Å². The molecule has 0 fully saturated rings. The van der Waals surface area contributed by atoms with Crippen LogP contribution in [-0.2, 0) is 25.4 Å². The van der Waals surface area contributed by atoms with Crippen LogP contribution < -0.4 is 5.43 Å². The van der Waals surface area contributed by atoms with Gasteiger partial charge in [0.15, 0.2) is 0 Å². The lowest BCUT2D eigenvalue weighted by molar-refractivity contribution is -0.155. The van der Waals surface area contributed by atoms with Gasteiger partial charge in [-0.3, -0.25) is 4.79 Å². The van der Waals surface area contributed by atoms with Crippen LogP contribution in [-0.4, -0.2) is 55.3 Å². The summed E-state index contributed by atoms with van der Waals surface area (Å²) in [5.41, 5.74) is 0.513. The third-order valence-corrected chi connectivity index (χ3v) is 4.45. The Bertz CT molecular complexity index is 918. The van der Waals surface area contributed by atoms with Crippen molar-refractivity contribution < 1.29 is 33.4 Å². The molecule has 0 heterocycles. The maximum Gasteiger partial charge on any atom is 0.430 e. The number of hydrogen-bond donors (Lipinski definition) is 1. The molecule has 0 radical (unpaired) electrons. The largest absolute Gasteiger partial charge is 0.464 e. The third kappa shape index (κ3) is 5.19. The molecule has 164 valence electrons. The fraction of sp³-hybridized carbons (Fsp3) is 0.273. The van der Waals surface area contributed by atoms with E-state index in [0.717, 1.165) is 14.2 Å². The Morgan fingerprint density at radius 3 is 2.00 bits per heavy atom. The summed E-state index contributed by atoms with van der Waals surface area (Å²) in [6.07, 6.45) is -2.52. The SMILES string of the molecule is CCOC(=O)[C@](Cc1ccccc1)(C(=O)c1ccccc1)N(NC(=O)OC)C(=O)OC. The van der Waals surface area contributed by atoms with E-state index < -0.39 is 29.5 Å². The van der Waals surface area contributed by atoms with Gasteiger partial charge in [0.05, 0.1) is 20.8 Å². The highest BCUT2D eigenvalue weighted by Gasteiger charge is 2.56. The minimum atomic E-state index is -2.31. The fourth-order valence-electron chi connectivity index (χ4n) is 3.01. The van der Waals surface area contributed by atoms with E-state index in [1.54, 1.807) is 55.5 Å². The van der Waals surface area contributed by atoms with E-state index in [2.05, 4.69) is 10.2 Å². The molecule has 0 saturated carbocycles. The first-order chi connectivity index (χ1) is 14.9. The van der Waals surface area contributed by atoms with E-state index >= 15 is 0 Å². The van der Waals surface area contributed by atoms with Gasteiger partial charge in [-0.05, 0) is 12.5 Å². The second-order valence-electron chi connectivity index (χ2n) is 6.35. The summed E-state index contributed by atoms with van der Waals surface area (Å²) >= 11 is 0. The standard InChI is InChI=1S/C22H24N2O7/c1-4-31-19(26)22(15-16-11-7-5-8-12-16,18(25)17-13-9-6-10-14-17)24(21(28)30-3)23-20(27)29-2/h5-14H,4,15H2,1-3H3,(H,23,27)/t22-/m0/s1. The molecule has 0 bridgehead atoms. The predicted molar refractivity (Wildman–Crippen MR) is 110 cm³/mol. The van der Waals surface area contributed by atoms with E-state index in [-0.39, 0.29) is 18.6 Å². The normalized spacial score (nSPS) is 12.1. The number of rotatable bonds is 7. The van der Waals surface area contributed by atoms with Gasteiger partial charge in [-0.15, -0.1) is 0 Å². The first-order valence-electron chi connectivity index (χ1n) is 9.44. The van der Waals surface area contributed by atoms with Crippen molar-refractivity contribution in [3.8, 4) is 0 Å². The Hall–Kier alpha value is -3.88. The van der Waals surface area contributed by atoms with E-state index in [0.29, 0.717) is 10.6 Å². The van der Waals surface area contributed by atoms with Crippen LogP contribution in [0.25, 0.3) is 0 Å². The van der Waals surface area contributed by atoms with Gasteiger partial charge in [-0.2, -0.15) is 5.01 Å². The van der Waals surface area contributed by atoms with Crippen LogP contribution in [0.15, 0.2) is 60.7 Å². The number of hydrazine groups is 1. The maximum atomic E-state index is 13.8. The number of methoxy groups -OCH3 is 2. The van der Waals surface area contributed by atoms with Crippen LogP contribution in [0, 0.1) is 0 Å². The average Bonchev–Trinajstić information content (AvgIpc) is 2.81. The number of hydrogen-bond acceptors (Lipinski definition) is 7. The van der Waals surface area contributed by atoms with Crippen LogP contribution in [0.5, 0.6) is 0 Å². The Kier molecular flexibility index (Phi) is 8.13. The molecule has 0 aliphatic carbocycles. The van der Waals surface area contributed by atoms with Gasteiger partial charge in [0.2, 0.25) is 11.3 Å². The topological polar surface area (TPSA) is 111 Å². The minimum absolute atomic E-state index is 0.0648. The van der Waals surface area contributed by atoms with Crippen LogP contribution >= 0.6 is 0 Å². The van der Waals surface area contributed by atoms with Gasteiger partial charge < -0.3 is 14.2 Å². The van der Waals surface area contributed by atoms with Crippen molar-refractivity contribution in [2.45, 2.75) is 18.9 Å². The van der Waals surface area contributed by atoms with Crippen molar-refractivity contribution in [3.05, 3.63) is 71.8 Å². The number of ketones is 1. The van der Waals surface area contributed by atoms with Crippen molar-refractivity contribution >= 4 is 23.9 Å². The first kappa shape index (κ1) is 23.4. The summed E-state index contributed by atoms with van der Waals surface area (Å²) in [5, 5.41) is 0.527. The Morgan fingerprint density at radius 2 is 1.48 bits per heavy atom. The zero-order valence-corrected chi connectivity index (χ0v) is 17.5. The monoisotopic (exact) mass is 428 g/mol. The van der Waals surface area contributed by atoms with Crippen molar-refractivity contribution in [2.75, 3.05) is 20.8 Å². The van der Waals surface area contributed by atoms with Gasteiger partial charge in [0.25, 0.3) is 0 Å². The van der Waals surface area contributed by atoms with Crippen molar-refractivity contribution in [1.82, 2.24) is 10.4 Å². The molecule has 0 unspecified atom stereocenters. The lowest BCUT2D eigenvalue weighted by Gasteiger charge is -2.38. The molecule has 9 nitrogen and oxygen atoms in total. The van der Waals surface area contributed by atoms with Gasteiger partial charge >= 0.3 is 18.2 Å². The molecular weight excluding hydrogens is 404 g/mol. The lowest BCUT2D eigenvalue weighted by Crippen LogP contribution is -2.69. The molecule has 31 heavy (non-hydrogen) atoms. The average molecular weight is 428 g/mol. The highest BCUT2D eigenvalue weighted by Crippen LogP contribution is 2.28. The van der Waals surface area contributed by atoms with Gasteiger partial charge in [0.1, 0.15) is 0 Å². The molecule has 2 aromatic rings. The van der Waals surface area contributed by atoms with Crippen LogP contribution in [0.2, 0.25) is 0 Å². The van der Waals surface area contributed by atoms with E-state index in [1.165, 1.54) is 12.1 Å². The fourth-order valence-corrected chi connectivity index (χ4v) is 3.01. The summed E-state index contributed by atoms with van der Waals surface area (Å²) in [4.78, 5) is 51.9. The Morgan fingerprint density at radius 1 is 0.903 bits per heavy atom.